The van der Waals surface area contributed by atoms with E-state index >= 15 is 0 Å². The average molecular weight is 359 g/mol. The summed E-state index contributed by atoms with van der Waals surface area (Å²) in [6, 6.07) is 21.2. The first-order valence-corrected chi connectivity index (χ1v) is 9.41. The summed E-state index contributed by atoms with van der Waals surface area (Å²) in [6.07, 6.45) is 3.39. The Morgan fingerprint density at radius 3 is 2.44 bits per heavy atom. The molecule has 3 N–H and O–H groups in total. The minimum Gasteiger partial charge on any atom is -0.384 e. The number of anilines is 2. The summed E-state index contributed by atoms with van der Waals surface area (Å²) in [7, 11) is 0. The monoisotopic (exact) mass is 359 g/mol. The van der Waals surface area contributed by atoms with Crippen LogP contribution in [0.1, 0.15) is 31.7 Å². The predicted molar refractivity (Wildman–Crippen MR) is 114 cm³/mol. The van der Waals surface area contributed by atoms with Crippen molar-refractivity contribution in [3.05, 3.63) is 72.3 Å². The number of rotatable bonds is 8. The molecule has 0 unspecified atom stereocenters. The highest BCUT2D eigenvalue weighted by atomic mass is 16.1. The fourth-order valence-corrected chi connectivity index (χ4v) is 3.09. The Balaban J connectivity index is 1.77. The lowest BCUT2D eigenvalue weighted by atomic mass is 10.1. The molecule has 4 nitrogen and oxygen atoms in total. The quantitative estimate of drug-likeness (QED) is 0.370. The van der Waals surface area contributed by atoms with Crippen molar-refractivity contribution >= 4 is 33.8 Å². The van der Waals surface area contributed by atoms with Gasteiger partial charge in [-0.3, -0.25) is 10.2 Å². The van der Waals surface area contributed by atoms with Gasteiger partial charge in [-0.2, -0.15) is 0 Å². The van der Waals surface area contributed by atoms with Gasteiger partial charge in [0.15, 0.2) is 0 Å². The largest absolute Gasteiger partial charge is 0.384 e. The van der Waals surface area contributed by atoms with Crippen LogP contribution < -0.4 is 10.6 Å². The zero-order chi connectivity index (χ0) is 19.1. The fourth-order valence-electron chi connectivity index (χ4n) is 3.09. The van der Waals surface area contributed by atoms with E-state index < -0.39 is 5.91 Å². The van der Waals surface area contributed by atoms with Crippen LogP contribution in [0.2, 0.25) is 0 Å². The van der Waals surface area contributed by atoms with E-state index in [4.69, 9.17) is 5.41 Å². The molecule has 0 heterocycles. The third kappa shape index (κ3) is 4.53. The molecule has 0 saturated heterocycles. The zero-order valence-electron chi connectivity index (χ0n) is 15.6. The number of benzene rings is 3. The van der Waals surface area contributed by atoms with E-state index in [1.807, 2.05) is 66.7 Å². The molecule has 138 valence electrons. The maximum atomic E-state index is 12.7. The SMILES string of the molecule is CCCCCNc1ccccc1C(=N)C(=O)Nc1cccc2ccccc12. The van der Waals surface area contributed by atoms with Gasteiger partial charge in [0, 0.05) is 28.9 Å². The van der Waals surface area contributed by atoms with Crippen molar-refractivity contribution in [3.8, 4) is 0 Å². The molecule has 3 rings (SSSR count). The minimum absolute atomic E-state index is 0.0403. The van der Waals surface area contributed by atoms with Crippen LogP contribution in [0.5, 0.6) is 0 Å². The van der Waals surface area contributed by atoms with Crippen LogP contribution in [-0.2, 0) is 4.79 Å². The summed E-state index contributed by atoms with van der Waals surface area (Å²) in [6.45, 7) is 3.00. The molecule has 0 fully saturated rings. The van der Waals surface area contributed by atoms with Crippen molar-refractivity contribution in [2.24, 2.45) is 0 Å². The maximum absolute atomic E-state index is 12.7. The van der Waals surface area contributed by atoms with E-state index in [1.165, 1.54) is 0 Å². The molecule has 27 heavy (non-hydrogen) atoms. The average Bonchev–Trinajstić information content (AvgIpc) is 2.71. The fraction of sp³-hybridized carbons (Fsp3) is 0.217. The molecule has 0 spiro atoms. The Morgan fingerprint density at radius 2 is 1.59 bits per heavy atom. The van der Waals surface area contributed by atoms with Crippen molar-refractivity contribution < 1.29 is 4.79 Å². The van der Waals surface area contributed by atoms with E-state index in [0.29, 0.717) is 5.56 Å². The number of carbonyl (C=O) groups is 1. The van der Waals surface area contributed by atoms with Crippen LogP contribution in [0, 0.1) is 5.41 Å². The van der Waals surface area contributed by atoms with Gasteiger partial charge < -0.3 is 10.6 Å². The summed E-state index contributed by atoms with van der Waals surface area (Å²) in [5.41, 5.74) is 2.12. The predicted octanol–water partition coefficient (Wildman–Crippen LogP) is 5.45. The maximum Gasteiger partial charge on any atom is 0.274 e. The molecule has 0 aliphatic rings. The van der Waals surface area contributed by atoms with Crippen LogP contribution in [0.4, 0.5) is 11.4 Å². The number of hydrogen-bond acceptors (Lipinski definition) is 3. The summed E-state index contributed by atoms with van der Waals surface area (Å²) >= 11 is 0. The molecule has 1 amide bonds. The van der Waals surface area contributed by atoms with Crippen LogP contribution >= 0.6 is 0 Å². The number of carbonyl (C=O) groups excluding carboxylic acids is 1. The number of unbranched alkanes of at least 4 members (excludes halogenated alkanes) is 2. The van der Waals surface area contributed by atoms with Crippen molar-refractivity contribution in [3.63, 3.8) is 0 Å². The minimum atomic E-state index is -0.408. The van der Waals surface area contributed by atoms with Gasteiger partial charge in [0.1, 0.15) is 5.71 Å². The first kappa shape index (κ1) is 18.6. The van der Waals surface area contributed by atoms with E-state index in [-0.39, 0.29) is 5.71 Å². The van der Waals surface area contributed by atoms with Crippen molar-refractivity contribution in [2.75, 3.05) is 17.2 Å². The van der Waals surface area contributed by atoms with Crippen molar-refractivity contribution in [1.29, 1.82) is 5.41 Å². The lowest BCUT2D eigenvalue weighted by Crippen LogP contribution is -2.24. The number of amides is 1. The normalized spacial score (nSPS) is 10.6. The Bertz CT molecular complexity index is 944. The second kappa shape index (κ2) is 8.99. The van der Waals surface area contributed by atoms with Gasteiger partial charge >= 0.3 is 0 Å². The van der Waals surface area contributed by atoms with Crippen molar-refractivity contribution in [1.82, 2.24) is 0 Å². The Labute approximate surface area is 160 Å². The van der Waals surface area contributed by atoms with E-state index in [2.05, 4.69) is 17.6 Å². The lowest BCUT2D eigenvalue weighted by Gasteiger charge is -2.14. The number of nitrogens with one attached hydrogen (secondary N) is 3. The van der Waals surface area contributed by atoms with Crippen molar-refractivity contribution in [2.45, 2.75) is 26.2 Å². The number of para-hydroxylation sites is 1. The van der Waals surface area contributed by atoms with Crippen LogP contribution in [-0.4, -0.2) is 18.2 Å². The smallest absolute Gasteiger partial charge is 0.274 e. The Kier molecular flexibility index (Phi) is 6.21. The third-order valence-corrected chi connectivity index (χ3v) is 4.56. The first-order valence-electron chi connectivity index (χ1n) is 9.41. The number of fused-ring (bicyclic) bond motifs is 1. The summed E-state index contributed by atoms with van der Waals surface area (Å²) < 4.78 is 0. The van der Waals surface area contributed by atoms with E-state index in [9.17, 15) is 4.79 Å². The highest BCUT2D eigenvalue weighted by Crippen LogP contribution is 2.23. The molecular formula is C23H25N3O. The van der Waals surface area contributed by atoms with Crippen LogP contribution in [0.15, 0.2) is 66.7 Å². The van der Waals surface area contributed by atoms with Gasteiger partial charge in [-0.05, 0) is 23.9 Å². The topological polar surface area (TPSA) is 65.0 Å². The first-order chi connectivity index (χ1) is 13.2. The van der Waals surface area contributed by atoms with Gasteiger partial charge in [0.25, 0.3) is 5.91 Å². The standard InChI is InChI=1S/C23H25N3O/c1-2-3-8-16-25-20-14-7-6-13-19(20)22(24)23(27)26-21-15-9-11-17-10-4-5-12-18(17)21/h4-7,9-15,24-25H,2-3,8,16H2,1H3,(H,26,27). The van der Waals surface area contributed by atoms with E-state index in [0.717, 1.165) is 48.0 Å². The zero-order valence-corrected chi connectivity index (χ0v) is 15.6. The molecule has 0 aliphatic heterocycles. The summed E-state index contributed by atoms with van der Waals surface area (Å²) in [5.74, 6) is -0.408. The Hall–Kier alpha value is -3.14. The number of hydrogen-bond donors (Lipinski definition) is 3. The second-order valence-corrected chi connectivity index (χ2v) is 6.54. The molecular weight excluding hydrogens is 334 g/mol. The van der Waals surface area contributed by atoms with Gasteiger partial charge in [0.2, 0.25) is 0 Å². The molecule has 0 radical (unpaired) electrons. The van der Waals surface area contributed by atoms with Crippen LogP contribution in [0.3, 0.4) is 0 Å². The van der Waals surface area contributed by atoms with Crippen LogP contribution in [0.25, 0.3) is 10.8 Å². The van der Waals surface area contributed by atoms with E-state index in [1.54, 1.807) is 0 Å². The van der Waals surface area contributed by atoms with Gasteiger partial charge in [0.05, 0.1) is 0 Å². The third-order valence-electron chi connectivity index (χ3n) is 4.56. The molecule has 0 saturated carbocycles. The van der Waals surface area contributed by atoms with Gasteiger partial charge in [-0.15, -0.1) is 0 Å². The highest BCUT2D eigenvalue weighted by molar-refractivity contribution is 6.49. The molecule has 3 aromatic rings. The molecule has 4 heteroatoms. The highest BCUT2D eigenvalue weighted by Gasteiger charge is 2.16. The molecule has 0 aliphatic carbocycles. The Morgan fingerprint density at radius 1 is 0.889 bits per heavy atom. The molecule has 0 aromatic heterocycles. The summed E-state index contributed by atoms with van der Waals surface area (Å²) in [4.78, 5) is 12.7. The molecule has 0 atom stereocenters. The van der Waals surface area contributed by atoms with Gasteiger partial charge in [-0.1, -0.05) is 74.4 Å². The van der Waals surface area contributed by atoms with Gasteiger partial charge in [-0.25, -0.2) is 0 Å². The molecule has 3 aromatic carbocycles. The second-order valence-electron chi connectivity index (χ2n) is 6.54. The summed E-state index contributed by atoms with van der Waals surface area (Å²) in [5, 5.41) is 16.7. The lowest BCUT2D eigenvalue weighted by molar-refractivity contribution is -0.110. The molecule has 0 bridgehead atoms.